The van der Waals surface area contributed by atoms with Gasteiger partial charge in [-0.25, -0.2) is 9.97 Å². The molecular weight excluding hydrogens is 290 g/mol. The minimum atomic E-state index is -0.0156. The number of fused-ring (bicyclic) bond motifs is 2. The highest BCUT2D eigenvalue weighted by molar-refractivity contribution is 7.19. The summed E-state index contributed by atoms with van der Waals surface area (Å²) in [6.45, 7) is 2.41. The maximum absolute atomic E-state index is 12.8. The number of hydrogen-bond donors (Lipinski definition) is 0. The van der Waals surface area contributed by atoms with Crippen LogP contribution in [0.3, 0.4) is 0 Å². The number of rotatable bonds is 1. The fourth-order valence-corrected chi connectivity index (χ4v) is 3.78. The topological polar surface area (TPSA) is 64.6 Å². The molecule has 2 aliphatic rings. The number of ether oxygens (including phenoxy) is 2. The minimum Gasteiger partial charge on any atom is -0.379 e. The molecule has 4 rings (SSSR count). The van der Waals surface area contributed by atoms with Crippen LogP contribution in [0.25, 0.3) is 10.3 Å². The van der Waals surface area contributed by atoms with Gasteiger partial charge >= 0.3 is 0 Å². The first-order valence-corrected chi connectivity index (χ1v) is 7.86. The Hall–Kier alpha value is -1.57. The third-order valence-corrected chi connectivity index (χ3v) is 4.91. The van der Waals surface area contributed by atoms with E-state index in [1.165, 1.54) is 11.3 Å². The lowest BCUT2D eigenvalue weighted by molar-refractivity contribution is -0.124. The summed E-state index contributed by atoms with van der Waals surface area (Å²) in [7, 11) is 0. The molecule has 0 bridgehead atoms. The van der Waals surface area contributed by atoms with Crippen molar-refractivity contribution < 1.29 is 14.3 Å². The van der Waals surface area contributed by atoms with Crippen LogP contribution in [0.4, 0.5) is 0 Å². The van der Waals surface area contributed by atoms with E-state index in [0.717, 1.165) is 16.8 Å². The van der Waals surface area contributed by atoms with Crippen molar-refractivity contribution in [2.45, 2.75) is 18.6 Å². The average Bonchev–Trinajstić information content (AvgIpc) is 2.97. The Morgan fingerprint density at radius 2 is 2.38 bits per heavy atom. The van der Waals surface area contributed by atoms with Crippen LogP contribution in [0.15, 0.2) is 18.3 Å². The van der Waals surface area contributed by atoms with Gasteiger partial charge in [0.2, 0.25) is 0 Å². The second-order valence-electron chi connectivity index (χ2n) is 5.19. The third kappa shape index (κ3) is 2.31. The summed E-state index contributed by atoms with van der Waals surface area (Å²) in [6, 6.07) is 3.81. The van der Waals surface area contributed by atoms with Crippen LogP contribution in [0.5, 0.6) is 0 Å². The molecule has 2 saturated heterocycles. The van der Waals surface area contributed by atoms with E-state index >= 15 is 0 Å². The van der Waals surface area contributed by atoms with Crippen molar-refractivity contribution in [2.24, 2.45) is 0 Å². The van der Waals surface area contributed by atoms with E-state index in [1.807, 2.05) is 17.0 Å². The van der Waals surface area contributed by atoms with Crippen molar-refractivity contribution in [3.63, 3.8) is 0 Å². The molecule has 0 aromatic carbocycles. The zero-order valence-corrected chi connectivity index (χ0v) is 12.2. The molecule has 2 aromatic heterocycles. The van der Waals surface area contributed by atoms with Crippen molar-refractivity contribution in [3.05, 3.63) is 23.3 Å². The van der Waals surface area contributed by atoms with E-state index in [9.17, 15) is 4.79 Å². The second-order valence-corrected chi connectivity index (χ2v) is 6.16. The van der Waals surface area contributed by atoms with Gasteiger partial charge in [0.25, 0.3) is 5.91 Å². The van der Waals surface area contributed by atoms with Crippen LogP contribution in [0.1, 0.15) is 16.2 Å². The molecule has 0 N–H and O–H groups in total. The summed E-state index contributed by atoms with van der Waals surface area (Å²) in [5.74, 6) is -0.0156. The molecule has 21 heavy (non-hydrogen) atoms. The van der Waals surface area contributed by atoms with Crippen LogP contribution in [0, 0.1) is 0 Å². The number of nitrogens with zero attached hydrogens (tertiary/aromatic N) is 3. The maximum Gasteiger partial charge on any atom is 0.283 e. The third-order valence-electron chi connectivity index (χ3n) is 3.94. The summed E-state index contributed by atoms with van der Waals surface area (Å²) in [6.07, 6.45) is 2.53. The summed E-state index contributed by atoms with van der Waals surface area (Å²) >= 11 is 1.35. The lowest BCUT2D eigenvalue weighted by atomic mass is 10.0. The smallest absolute Gasteiger partial charge is 0.283 e. The van der Waals surface area contributed by atoms with Crippen LogP contribution >= 0.6 is 11.3 Å². The largest absolute Gasteiger partial charge is 0.379 e. The molecule has 0 radical (unpaired) electrons. The Morgan fingerprint density at radius 3 is 3.29 bits per heavy atom. The number of carbonyl (C=O) groups is 1. The van der Waals surface area contributed by atoms with Gasteiger partial charge in [-0.1, -0.05) is 11.3 Å². The van der Waals surface area contributed by atoms with Gasteiger partial charge in [0.15, 0.2) is 5.01 Å². The van der Waals surface area contributed by atoms with E-state index in [4.69, 9.17) is 9.47 Å². The van der Waals surface area contributed by atoms with E-state index in [2.05, 4.69) is 9.97 Å². The Balaban J connectivity index is 1.63. The predicted octanol–water partition coefficient (Wildman–Crippen LogP) is 1.32. The van der Waals surface area contributed by atoms with E-state index < -0.39 is 0 Å². The number of amides is 1. The molecule has 0 unspecified atom stereocenters. The highest BCUT2D eigenvalue weighted by atomic mass is 32.1. The lowest BCUT2D eigenvalue weighted by Crippen LogP contribution is -2.57. The first-order chi connectivity index (χ1) is 10.3. The molecule has 0 aliphatic carbocycles. The van der Waals surface area contributed by atoms with Crippen LogP contribution in [-0.4, -0.2) is 59.3 Å². The fraction of sp³-hybridized carbons (Fsp3) is 0.500. The van der Waals surface area contributed by atoms with E-state index in [1.54, 1.807) is 6.20 Å². The number of hydrogen-bond acceptors (Lipinski definition) is 6. The van der Waals surface area contributed by atoms with Crippen molar-refractivity contribution in [1.82, 2.24) is 14.9 Å². The maximum atomic E-state index is 12.8. The zero-order valence-electron chi connectivity index (χ0n) is 11.4. The Bertz CT molecular complexity index is 639. The number of thiazole rings is 1. The highest BCUT2D eigenvalue weighted by Crippen LogP contribution is 2.26. The van der Waals surface area contributed by atoms with Gasteiger partial charge in [-0.15, -0.1) is 0 Å². The molecule has 0 saturated carbocycles. The summed E-state index contributed by atoms with van der Waals surface area (Å²) in [5, 5.41) is 0.510. The Morgan fingerprint density at radius 1 is 1.43 bits per heavy atom. The standard InChI is InChI=1S/C14H15N3O3S/c18-14(13-16-9-2-1-4-15-12(9)21-13)17-5-7-20-11-8-19-6-3-10(11)17/h1-2,4,10-11H,3,5-8H2/t10-,11+/m0/s1. The normalized spacial score (nSPS) is 25.8. The average molecular weight is 305 g/mol. The number of carbonyl (C=O) groups excluding carboxylic acids is 1. The molecule has 1 amide bonds. The summed E-state index contributed by atoms with van der Waals surface area (Å²) in [4.78, 5) is 24.1. The molecule has 7 heteroatoms. The molecular formula is C14H15N3O3S. The molecule has 6 nitrogen and oxygen atoms in total. The Kier molecular flexibility index (Phi) is 3.33. The molecule has 2 atom stereocenters. The fourth-order valence-electron chi connectivity index (χ4n) is 2.92. The number of morpholine rings is 1. The van der Waals surface area contributed by atoms with Crippen molar-refractivity contribution >= 4 is 27.6 Å². The first kappa shape index (κ1) is 13.1. The van der Waals surface area contributed by atoms with Crippen LogP contribution in [0.2, 0.25) is 0 Å². The van der Waals surface area contributed by atoms with Crippen molar-refractivity contribution in [3.8, 4) is 0 Å². The van der Waals surface area contributed by atoms with Gasteiger partial charge < -0.3 is 14.4 Å². The van der Waals surface area contributed by atoms with Gasteiger partial charge in [0.1, 0.15) is 16.5 Å². The molecule has 0 spiro atoms. The highest BCUT2D eigenvalue weighted by Gasteiger charge is 2.38. The molecule has 4 heterocycles. The quantitative estimate of drug-likeness (QED) is 0.795. The van der Waals surface area contributed by atoms with Gasteiger partial charge in [-0.05, 0) is 18.6 Å². The summed E-state index contributed by atoms with van der Waals surface area (Å²) < 4.78 is 11.1. The monoisotopic (exact) mass is 305 g/mol. The van der Waals surface area contributed by atoms with Gasteiger partial charge in [0.05, 0.1) is 19.3 Å². The lowest BCUT2D eigenvalue weighted by Gasteiger charge is -2.43. The Labute approximate surface area is 125 Å². The number of pyridine rings is 1. The van der Waals surface area contributed by atoms with Crippen LogP contribution < -0.4 is 0 Å². The van der Waals surface area contributed by atoms with Gasteiger partial charge in [-0.2, -0.15) is 0 Å². The van der Waals surface area contributed by atoms with Crippen molar-refractivity contribution in [1.29, 1.82) is 0 Å². The summed E-state index contributed by atoms with van der Waals surface area (Å²) in [5.41, 5.74) is 0.780. The van der Waals surface area contributed by atoms with Crippen molar-refractivity contribution in [2.75, 3.05) is 26.4 Å². The molecule has 2 aromatic rings. The predicted molar refractivity (Wildman–Crippen MR) is 77.4 cm³/mol. The van der Waals surface area contributed by atoms with Crippen LogP contribution in [-0.2, 0) is 9.47 Å². The molecule has 2 fully saturated rings. The minimum absolute atomic E-state index is 0.0102. The first-order valence-electron chi connectivity index (χ1n) is 7.05. The zero-order chi connectivity index (χ0) is 14.2. The van der Waals surface area contributed by atoms with E-state index in [0.29, 0.717) is 31.4 Å². The SMILES string of the molecule is O=C(c1nc2cccnc2s1)N1CCO[C@@H]2COCC[C@@H]21. The second kappa shape index (κ2) is 5.32. The molecule has 2 aliphatic heterocycles. The molecule has 110 valence electrons. The van der Waals surface area contributed by atoms with Gasteiger partial charge in [0, 0.05) is 19.3 Å². The van der Waals surface area contributed by atoms with Gasteiger partial charge in [-0.3, -0.25) is 4.79 Å². The van der Waals surface area contributed by atoms with E-state index in [-0.39, 0.29) is 18.1 Å². The number of aromatic nitrogens is 2.